The molecule has 0 amide bonds. The highest BCUT2D eigenvalue weighted by molar-refractivity contribution is 7.80. The smallest absolute Gasteiger partial charge is 0.0787 e. The van der Waals surface area contributed by atoms with E-state index in [0.29, 0.717) is 4.99 Å². The Balaban J connectivity index is 2.61. The molecule has 0 radical (unpaired) electrons. The van der Waals surface area contributed by atoms with E-state index in [1.54, 1.807) is 0 Å². The van der Waals surface area contributed by atoms with Gasteiger partial charge in [-0.1, -0.05) is 32.0 Å². The minimum Gasteiger partial charge on any atom is -0.393 e. The Hall–Kier alpha value is -0.110. The van der Waals surface area contributed by atoms with Crippen molar-refractivity contribution >= 4 is 17.2 Å². The molecule has 0 aromatic heterocycles. The maximum atomic E-state index is 5.56. The summed E-state index contributed by atoms with van der Waals surface area (Å²) in [6.07, 6.45) is 4.99. The molecule has 9 heavy (non-hydrogen) atoms. The zero-order chi connectivity index (χ0) is 6.91. The molecule has 2 heteroatoms. The highest BCUT2D eigenvalue weighted by atomic mass is 32.1. The Bertz CT molecular complexity index is 125. The molecular formula is C7H13NS. The largest absolute Gasteiger partial charge is 0.393 e. The second kappa shape index (κ2) is 2.25. The molecule has 1 fully saturated rings. The minimum absolute atomic E-state index is 0.204. The Morgan fingerprint density at radius 2 is 1.89 bits per heavy atom. The topological polar surface area (TPSA) is 26.0 Å². The van der Waals surface area contributed by atoms with Crippen LogP contribution in [0.15, 0.2) is 0 Å². The van der Waals surface area contributed by atoms with Crippen molar-refractivity contribution in [3.63, 3.8) is 0 Å². The Morgan fingerprint density at radius 1 is 1.44 bits per heavy atom. The number of nitrogens with two attached hydrogens (primary N) is 1. The molecule has 0 spiro atoms. The van der Waals surface area contributed by atoms with Gasteiger partial charge in [-0.2, -0.15) is 0 Å². The van der Waals surface area contributed by atoms with Crippen LogP contribution in [0.3, 0.4) is 0 Å². The quantitative estimate of drug-likeness (QED) is 0.567. The first kappa shape index (κ1) is 7.00. The average Bonchev–Trinajstić information content (AvgIpc) is 2.16. The fraction of sp³-hybridized carbons (Fsp3) is 0.857. The van der Waals surface area contributed by atoms with E-state index in [9.17, 15) is 0 Å². The van der Waals surface area contributed by atoms with Crippen LogP contribution in [-0.2, 0) is 0 Å². The summed E-state index contributed by atoms with van der Waals surface area (Å²) in [5.74, 6) is 0. The predicted molar refractivity (Wildman–Crippen MR) is 43.4 cm³/mol. The van der Waals surface area contributed by atoms with Gasteiger partial charge in [0.1, 0.15) is 0 Å². The SMILES string of the molecule is CC1(C(N)=S)CCCC1. The third-order valence-electron chi connectivity index (χ3n) is 2.30. The molecule has 0 heterocycles. The molecule has 0 saturated heterocycles. The van der Waals surface area contributed by atoms with Gasteiger partial charge < -0.3 is 5.73 Å². The third-order valence-corrected chi connectivity index (χ3v) is 2.79. The minimum atomic E-state index is 0.204. The first-order chi connectivity index (χ1) is 4.15. The third kappa shape index (κ3) is 1.23. The molecule has 1 rings (SSSR count). The summed E-state index contributed by atoms with van der Waals surface area (Å²) in [4.78, 5) is 0.708. The molecule has 0 aromatic carbocycles. The molecule has 0 atom stereocenters. The van der Waals surface area contributed by atoms with Crippen molar-refractivity contribution in [3.05, 3.63) is 0 Å². The summed E-state index contributed by atoms with van der Waals surface area (Å²) in [5, 5.41) is 0. The van der Waals surface area contributed by atoms with E-state index in [2.05, 4.69) is 6.92 Å². The summed E-state index contributed by atoms with van der Waals surface area (Å²) in [5.41, 5.74) is 5.77. The lowest BCUT2D eigenvalue weighted by atomic mass is 9.89. The van der Waals surface area contributed by atoms with Crippen molar-refractivity contribution in [3.8, 4) is 0 Å². The lowest BCUT2D eigenvalue weighted by molar-refractivity contribution is 0.491. The molecule has 0 bridgehead atoms. The van der Waals surface area contributed by atoms with Crippen LogP contribution in [-0.4, -0.2) is 4.99 Å². The van der Waals surface area contributed by atoms with Crippen LogP contribution in [0, 0.1) is 5.41 Å². The van der Waals surface area contributed by atoms with Gasteiger partial charge >= 0.3 is 0 Å². The van der Waals surface area contributed by atoms with Gasteiger partial charge in [0, 0.05) is 5.41 Å². The van der Waals surface area contributed by atoms with E-state index < -0.39 is 0 Å². The maximum Gasteiger partial charge on any atom is 0.0787 e. The van der Waals surface area contributed by atoms with Crippen molar-refractivity contribution in [2.24, 2.45) is 11.1 Å². The van der Waals surface area contributed by atoms with Crippen LogP contribution in [0.4, 0.5) is 0 Å². The highest BCUT2D eigenvalue weighted by Crippen LogP contribution is 2.37. The van der Waals surface area contributed by atoms with Crippen LogP contribution in [0.25, 0.3) is 0 Å². The monoisotopic (exact) mass is 143 g/mol. The van der Waals surface area contributed by atoms with Crippen molar-refractivity contribution in [1.82, 2.24) is 0 Å². The molecule has 0 unspecified atom stereocenters. The van der Waals surface area contributed by atoms with E-state index in [-0.39, 0.29) is 5.41 Å². The summed E-state index contributed by atoms with van der Waals surface area (Å²) in [6, 6.07) is 0. The fourth-order valence-electron chi connectivity index (χ4n) is 1.40. The second-order valence-electron chi connectivity index (χ2n) is 3.13. The molecule has 0 aromatic rings. The van der Waals surface area contributed by atoms with Crippen molar-refractivity contribution in [2.45, 2.75) is 32.6 Å². The number of rotatable bonds is 1. The van der Waals surface area contributed by atoms with Crippen molar-refractivity contribution < 1.29 is 0 Å². The molecule has 1 nitrogen and oxygen atoms in total. The lowest BCUT2D eigenvalue weighted by Gasteiger charge is -2.20. The number of hydrogen-bond acceptors (Lipinski definition) is 1. The lowest BCUT2D eigenvalue weighted by Crippen LogP contribution is -2.29. The Morgan fingerprint density at radius 3 is 2.11 bits per heavy atom. The van der Waals surface area contributed by atoms with E-state index >= 15 is 0 Å². The zero-order valence-electron chi connectivity index (χ0n) is 5.81. The van der Waals surface area contributed by atoms with Gasteiger partial charge in [0.05, 0.1) is 4.99 Å². The van der Waals surface area contributed by atoms with Crippen molar-refractivity contribution in [1.29, 1.82) is 0 Å². The first-order valence-corrected chi connectivity index (χ1v) is 3.86. The predicted octanol–water partition coefficient (Wildman–Crippen LogP) is 1.85. The Kier molecular flexibility index (Phi) is 1.75. The van der Waals surface area contributed by atoms with E-state index in [1.807, 2.05) is 0 Å². The van der Waals surface area contributed by atoms with Gasteiger partial charge in [-0.15, -0.1) is 0 Å². The van der Waals surface area contributed by atoms with Gasteiger partial charge in [0.2, 0.25) is 0 Å². The van der Waals surface area contributed by atoms with Crippen LogP contribution in [0.2, 0.25) is 0 Å². The van der Waals surface area contributed by atoms with Gasteiger partial charge in [0.25, 0.3) is 0 Å². The average molecular weight is 143 g/mol. The number of thiocarbonyl (C=S) groups is 1. The van der Waals surface area contributed by atoms with Crippen LogP contribution in [0.5, 0.6) is 0 Å². The van der Waals surface area contributed by atoms with E-state index in [0.717, 1.165) is 0 Å². The standard InChI is InChI=1S/C7H13NS/c1-7(6(8)9)4-2-3-5-7/h2-5H2,1H3,(H2,8,9). The maximum absolute atomic E-state index is 5.56. The second-order valence-corrected chi connectivity index (χ2v) is 3.57. The molecule has 1 saturated carbocycles. The molecule has 1 aliphatic rings. The molecule has 0 aliphatic heterocycles. The first-order valence-electron chi connectivity index (χ1n) is 3.45. The summed E-state index contributed by atoms with van der Waals surface area (Å²) < 4.78 is 0. The number of hydrogen-bond donors (Lipinski definition) is 1. The van der Waals surface area contributed by atoms with Crippen molar-refractivity contribution in [2.75, 3.05) is 0 Å². The molecular weight excluding hydrogens is 130 g/mol. The molecule has 2 N–H and O–H groups in total. The molecule has 52 valence electrons. The van der Waals surface area contributed by atoms with Gasteiger partial charge in [-0.3, -0.25) is 0 Å². The van der Waals surface area contributed by atoms with Crippen LogP contribution in [0.1, 0.15) is 32.6 Å². The fourth-order valence-corrected chi connectivity index (χ4v) is 1.61. The van der Waals surface area contributed by atoms with Gasteiger partial charge in [0.15, 0.2) is 0 Å². The van der Waals surface area contributed by atoms with Gasteiger partial charge in [-0.25, -0.2) is 0 Å². The van der Waals surface area contributed by atoms with Gasteiger partial charge in [-0.05, 0) is 12.8 Å². The summed E-state index contributed by atoms with van der Waals surface area (Å²) >= 11 is 4.95. The zero-order valence-corrected chi connectivity index (χ0v) is 6.63. The van der Waals surface area contributed by atoms with E-state index in [4.69, 9.17) is 18.0 Å². The molecule has 1 aliphatic carbocycles. The Labute approximate surface area is 61.6 Å². The highest BCUT2D eigenvalue weighted by Gasteiger charge is 2.30. The van der Waals surface area contributed by atoms with E-state index in [1.165, 1.54) is 25.7 Å². The normalized spacial score (nSPS) is 24.1. The van der Waals surface area contributed by atoms with Crippen LogP contribution < -0.4 is 5.73 Å². The summed E-state index contributed by atoms with van der Waals surface area (Å²) in [6.45, 7) is 2.17. The van der Waals surface area contributed by atoms with Crippen LogP contribution >= 0.6 is 12.2 Å². The summed E-state index contributed by atoms with van der Waals surface area (Å²) in [7, 11) is 0.